The third kappa shape index (κ3) is 9.00. The first kappa shape index (κ1) is 27.2. The molecule has 0 bridgehead atoms. The Morgan fingerprint density at radius 2 is 2.00 bits per heavy atom. The first-order valence-electron chi connectivity index (χ1n) is 11.8. The molecule has 33 heavy (non-hydrogen) atoms. The zero-order valence-corrected chi connectivity index (χ0v) is 22.5. The van der Waals surface area contributed by atoms with Crippen LogP contribution in [0.3, 0.4) is 0 Å². The number of pyridine rings is 1. The minimum Gasteiger partial charge on any atom is -0.375 e. The molecule has 1 saturated heterocycles. The summed E-state index contributed by atoms with van der Waals surface area (Å²) >= 11 is 0. The minimum absolute atomic E-state index is 0. The molecule has 3 rings (SSSR count). The van der Waals surface area contributed by atoms with E-state index in [1.165, 1.54) is 5.69 Å². The lowest BCUT2D eigenvalue weighted by Crippen LogP contribution is -2.41. The van der Waals surface area contributed by atoms with Gasteiger partial charge in [0.05, 0.1) is 19.3 Å². The number of nitrogens with zero attached hydrogens (tertiary/aromatic N) is 4. The summed E-state index contributed by atoms with van der Waals surface area (Å²) in [6.07, 6.45) is 3.23. The van der Waals surface area contributed by atoms with Crippen LogP contribution in [0.15, 0.2) is 53.7 Å². The van der Waals surface area contributed by atoms with E-state index in [1.54, 1.807) is 0 Å². The van der Waals surface area contributed by atoms with E-state index in [-0.39, 0.29) is 30.1 Å². The van der Waals surface area contributed by atoms with Gasteiger partial charge in [0.25, 0.3) is 0 Å². The maximum atomic E-state index is 5.62. The van der Waals surface area contributed by atoms with E-state index in [4.69, 9.17) is 9.73 Å². The molecule has 1 fully saturated rings. The van der Waals surface area contributed by atoms with Crippen LogP contribution in [0.2, 0.25) is 0 Å². The molecule has 8 heteroatoms. The predicted molar refractivity (Wildman–Crippen MR) is 149 cm³/mol. The lowest BCUT2D eigenvalue weighted by atomic mass is 10.2. The van der Waals surface area contributed by atoms with Crippen LogP contribution >= 0.6 is 24.0 Å². The Hall–Kier alpha value is -2.07. The van der Waals surface area contributed by atoms with Crippen molar-refractivity contribution in [3.8, 4) is 0 Å². The van der Waals surface area contributed by atoms with Crippen molar-refractivity contribution in [1.82, 2.24) is 15.6 Å². The average molecular weight is 567 g/mol. The molecule has 1 aromatic heterocycles. The second-order valence-corrected chi connectivity index (χ2v) is 8.04. The molecule has 1 aromatic carbocycles. The molecular weight excluding hydrogens is 527 g/mol. The smallest absolute Gasteiger partial charge is 0.191 e. The van der Waals surface area contributed by atoms with Gasteiger partial charge in [-0.1, -0.05) is 24.3 Å². The van der Waals surface area contributed by atoms with Gasteiger partial charge < -0.3 is 25.2 Å². The van der Waals surface area contributed by atoms with Crippen molar-refractivity contribution in [1.29, 1.82) is 0 Å². The number of halogens is 1. The summed E-state index contributed by atoms with van der Waals surface area (Å²) in [5, 5.41) is 6.80. The minimum atomic E-state index is 0. The first-order valence-corrected chi connectivity index (χ1v) is 11.8. The number of morpholine rings is 1. The van der Waals surface area contributed by atoms with Gasteiger partial charge in [0.1, 0.15) is 5.82 Å². The second kappa shape index (κ2) is 15.0. The van der Waals surface area contributed by atoms with Gasteiger partial charge in [-0.15, -0.1) is 24.0 Å². The number of guanidine groups is 1. The van der Waals surface area contributed by atoms with Crippen LogP contribution in [0.1, 0.15) is 32.8 Å². The van der Waals surface area contributed by atoms with Crippen molar-refractivity contribution in [3.05, 3.63) is 54.2 Å². The number of hydrogen-bond acceptors (Lipinski definition) is 5. The fourth-order valence-corrected chi connectivity index (χ4v) is 3.82. The van der Waals surface area contributed by atoms with Gasteiger partial charge in [-0.25, -0.2) is 9.98 Å². The maximum absolute atomic E-state index is 5.62. The van der Waals surface area contributed by atoms with Crippen molar-refractivity contribution in [2.45, 2.75) is 39.8 Å². The first-order chi connectivity index (χ1) is 15.7. The number of aromatic nitrogens is 1. The highest BCUT2D eigenvalue weighted by Crippen LogP contribution is 2.16. The molecule has 2 heterocycles. The van der Waals surface area contributed by atoms with Crippen molar-refractivity contribution in [2.75, 3.05) is 55.7 Å². The van der Waals surface area contributed by atoms with Crippen LogP contribution in [-0.2, 0) is 11.3 Å². The van der Waals surface area contributed by atoms with E-state index in [0.717, 1.165) is 69.6 Å². The summed E-state index contributed by atoms with van der Waals surface area (Å²) in [6, 6.07) is 14.8. The predicted octanol–water partition coefficient (Wildman–Crippen LogP) is 3.90. The van der Waals surface area contributed by atoms with Gasteiger partial charge in [-0.2, -0.15) is 0 Å². The fourth-order valence-electron chi connectivity index (χ4n) is 3.82. The number of benzene rings is 1. The molecule has 1 unspecified atom stereocenters. The Labute approximate surface area is 216 Å². The summed E-state index contributed by atoms with van der Waals surface area (Å²) in [7, 11) is 0. The highest BCUT2D eigenvalue weighted by Gasteiger charge is 2.17. The summed E-state index contributed by atoms with van der Waals surface area (Å²) in [4.78, 5) is 14.1. The lowest BCUT2D eigenvalue weighted by Gasteiger charge is -2.32. The SMILES string of the molecule is CCNC(=NCc1ccc(N2CCOC(C)C2)nc1)NCCCN(CC)c1ccccc1.I. The number of aliphatic imine (C=N–C) groups is 1. The van der Waals surface area contributed by atoms with Crippen molar-refractivity contribution in [2.24, 2.45) is 4.99 Å². The molecule has 1 aliphatic rings. The van der Waals surface area contributed by atoms with E-state index in [2.05, 4.69) is 88.7 Å². The second-order valence-electron chi connectivity index (χ2n) is 8.04. The third-order valence-corrected chi connectivity index (χ3v) is 5.54. The summed E-state index contributed by atoms with van der Waals surface area (Å²) in [6.45, 7) is 13.3. The van der Waals surface area contributed by atoms with E-state index < -0.39 is 0 Å². The largest absolute Gasteiger partial charge is 0.375 e. The molecule has 1 atom stereocenters. The number of rotatable bonds is 10. The van der Waals surface area contributed by atoms with Crippen LogP contribution in [-0.4, -0.2) is 62.9 Å². The highest BCUT2D eigenvalue weighted by atomic mass is 127. The third-order valence-electron chi connectivity index (χ3n) is 5.54. The Kier molecular flexibility index (Phi) is 12.3. The Morgan fingerprint density at radius 3 is 2.67 bits per heavy atom. The Bertz CT molecular complexity index is 817. The fraction of sp³-hybridized carbons (Fsp3) is 0.520. The zero-order valence-electron chi connectivity index (χ0n) is 20.2. The van der Waals surface area contributed by atoms with E-state index >= 15 is 0 Å². The summed E-state index contributed by atoms with van der Waals surface area (Å²) in [5.74, 6) is 1.86. The number of nitrogens with one attached hydrogen (secondary N) is 2. The van der Waals surface area contributed by atoms with Gasteiger partial charge in [-0.05, 0) is 51.0 Å². The number of ether oxygens (including phenoxy) is 1. The molecule has 1 aliphatic heterocycles. The molecule has 7 nitrogen and oxygen atoms in total. The van der Waals surface area contributed by atoms with Gasteiger partial charge in [-0.3, -0.25) is 0 Å². The van der Waals surface area contributed by atoms with Crippen molar-refractivity contribution in [3.63, 3.8) is 0 Å². The number of para-hydroxylation sites is 1. The van der Waals surface area contributed by atoms with Gasteiger partial charge in [0.15, 0.2) is 5.96 Å². The van der Waals surface area contributed by atoms with Crippen LogP contribution in [0.25, 0.3) is 0 Å². The molecule has 2 N–H and O–H groups in total. The standard InChI is InChI=1S/C25H38N6O.HI/c1-4-26-25(27-14-9-15-30(5-2)23-10-7-6-8-11-23)29-19-22-12-13-24(28-18-22)31-16-17-32-21(3)20-31;/h6-8,10-13,18,21H,4-5,9,14-17,19-20H2,1-3H3,(H2,26,27,29);1H. The normalized spacial score (nSPS) is 16.2. The van der Waals surface area contributed by atoms with Gasteiger partial charge in [0.2, 0.25) is 0 Å². The van der Waals surface area contributed by atoms with E-state index in [0.29, 0.717) is 6.54 Å². The monoisotopic (exact) mass is 566 g/mol. The summed E-state index contributed by atoms with van der Waals surface area (Å²) < 4.78 is 5.62. The van der Waals surface area contributed by atoms with E-state index in [9.17, 15) is 0 Å². The number of anilines is 2. The lowest BCUT2D eigenvalue weighted by molar-refractivity contribution is 0.0529. The van der Waals surface area contributed by atoms with E-state index in [1.807, 2.05) is 6.20 Å². The molecule has 2 aromatic rings. The molecular formula is C25H39IN6O. The maximum Gasteiger partial charge on any atom is 0.191 e. The van der Waals surface area contributed by atoms with Gasteiger partial charge in [0, 0.05) is 51.2 Å². The zero-order chi connectivity index (χ0) is 22.6. The van der Waals surface area contributed by atoms with Crippen LogP contribution in [0, 0.1) is 0 Å². The Balaban J connectivity index is 0.00000385. The van der Waals surface area contributed by atoms with Crippen molar-refractivity contribution >= 4 is 41.4 Å². The summed E-state index contributed by atoms with van der Waals surface area (Å²) in [5.41, 5.74) is 2.38. The molecule has 0 aliphatic carbocycles. The topological polar surface area (TPSA) is 65.0 Å². The van der Waals surface area contributed by atoms with Gasteiger partial charge >= 0.3 is 0 Å². The van der Waals surface area contributed by atoms with Crippen molar-refractivity contribution < 1.29 is 4.74 Å². The average Bonchev–Trinajstić information content (AvgIpc) is 2.83. The van der Waals surface area contributed by atoms with Crippen LogP contribution in [0.4, 0.5) is 11.5 Å². The highest BCUT2D eigenvalue weighted by molar-refractivity contribution is 14.0. The molecule has 182 valence electrons. The molecule has 0 spiro atoms. The number of hydrogen-bond donors (Lipinski definition) is 2. The van der Waals surface area contributed by atoms with Crippen LogP contribution in [0.5, 0.6) is 0 Å². The molecule has 0 amide bonds. The molecule has 0 saturated carbocycles. The molecule has 0 radical (unpaired) electrons. The quantitative estimate of drug-likeness (QED) is 0.197. The van der Waals surface area contributed by atoms with Crippen LogP contribution < -0.4 is 20.4 Å². The Morgan fingerprint density at radius 1 is 1.18 bits per heavy atom.